The first-order chi connectivity index (χ1) is 15.1. The van der Waals surface area contributed by atoms with Crippen molar-refractivity contribution in [1.29, 1.82) is 0 Å². The zero-order valence-corrected chi connectivity index (χ0v) is 24.1. The van der Waals surface area contributed by atoms with Gasteiger partial charge in [-0.25, -0.2) is 0 Å². The van der Waals surface area contributed by atoms with Gasteiger partial charge in [-0.1, -0.05) is 46.3 Å². The molecule has 4 heteroatoms. The van der Waals surface area contributed by atoms with E-state index < -0.39 is 14.1 Å². The van der Waals surface area contributed by atoms with Crippen LogP contribution in [-0.4, -0.2) is 32.4 Å². The first-order valence-corrected chi connectivity index (χ1v) is 16.7. The molecule has 188 valence electrons. The van der Waals surface area contributed by atoms with Gasteiger partial charge >= 0.3 is 0 Å². The van der Waals surface area contributed by atoms with E-state index in [1.165, 1.54) is 38.5 Å². The highest BCUT2D eigenvalue weighted by Crippen LogP contribution is 2.68. The summed E-state index contributed by atoms with van der Waals surface area (Å²) in [5.41, 5.74) is 2.14. The molecule has 4 fully saturated rings. The van der Waals surface area contributed by atoms with E-state index in [2.05, 4.69) is 74.6 Å². The molecule has 5 rings (SSSR count). The number of allylic oxidation sites excluding steroid dienone is 1. The Kier molecular flexibility index (Phi) is 5.52. The first-order valence-electron chi connectivity index (χ1n) is 13.8. The van der Waals surface area contributed by atoms with E-state index >= 15 is 0 Å². The van der Waals surface area contributed by atoms with Crippen molar-refractivity contribution in [3.8, 4) is 0 Å². The molecule has 9 atom stereocenters. The minimum absolute atomic E-state index is 0.198. The van der Waals surface area contributed by atoms with Crippen molar-refractivity contribution in [2.75, 3.05) is 0 Å². The Balaban J connectivity index is 1.50. The van der Waals surface area contributed by atoms with Crippen LogP contribution in [0.4, 0.5) is 0 Å². The summed E-state index contributed by atoms with van der Waals surface area (Å²) < 4.78 is 20.7. The van der Waals surface area contributed by atoms with Crippen molar-refractivity contribution in [2.24, 2.45) is 34.5 Å². The van der Waals surface area contributed by atoms with Crippen LogP contribution < -0.4 is 0 Å². The largest absolute Gasteiger partial charge is 0.413 e. The fourth-order valence-corrected chi connectivity index (χ4v) is 10.1. The molecule has 0 N–H and O–H groups in total. The van der Waals surface area contributed by atoms with E-state index in [0.717, 1.165) is 5.92 Å². The van der Waals surface area contributed by atoms with Crippen LogP contribution in [0, 0.1) is 34.5 Å². The zero-order chi connectivity index (χ0) is 24.2. The Hall–Kier alpha value is -0.163. The number of hydrogen-bond acceptors (Lipinski definition) is 3. The second-order valence-electron chi connectivity index (χ2n) is 14.9. The van der Waals surface area contributed by atoms with Crippen molar-refractivity contribution in [2.45, 2.75) is 136 Å². The summed E-state index contributed by atoms with van der Waals surface area (Å²) in [5, 5.41) is 0.258. The van der Waals surface area contributed by atoms with Crippen LogP contribution in [0.5, 0.6) is 0 Å². The standard InChI is InChI=1S/C29H50O3Si/c1-18-13-15-28(7)20-14-16-29(8)19(11-12-22(29)32-33(9,10)26(2,3)4)23(20)25-24(21(28)17-18)30-27(5,6)31-25/h17,19-25H,11-16H2,1-10H3/t19?,20?,21?,22?,23?,24?,25?,28-,29+/m1/s1. The number of fused-ring (bicyclic) bond motifs is 8. The van der Waals surface area contributed by atoms with Crippen molar-refractivity contribution in [1.82, 2.24) is 0 Å². The summed E-state index contributed by atoms with van der Waals surface area (Å²) in [6.45, 7) is 23.8. The minimum atomic E-state index is -1.80. The molecule has 7 unspecified atom stereocenters. The molecule has 1 saturated heterocycles. The van der Waals surface area contributed by atoms with Gasteiger partial charge in [0.2, 0.25) is 0 Å². The molecule has 1 heterocycles. The maximum absolute atomic E-state index is 7.17. The normalized spacial score (nSPS) is 49.0. The van der Waals surface area contributed by atoms with E-state index in [-0.39, 0.29) is 22.7 Å². The summed E-state index contributed by atoms with van der Waals surface area (Å²) >= 11 is 0. The molecular weight excluding hydrogens is 424 g/mol. The van der Waals surface area contributed by atoms with Crippen LogP contribution in [0.1, 0.15) is 93.9 Å². The minimum Gasteiger partial charge on any atom is -0.413 e. The van der Waals surface area contributed by atoms with Gasteiger partial charge in [0.1, 0.15) is 0 Å². The molecule has 0 bridgehead atoms. The quantitative estimate of drug-likeness (QED) is 0.303. The predicted octanol–water partition coefficient (Wildman–Crippen LogP) is 7.72. The predicted molar refractivity (Wildman–Crippen MR) is 138 cm³/mol. The maximum atomic E-state index is 7.17. The van der Waals surface area contributed by atoms with E-state index in [1.54, 1.807) is 5.57 Å². The third kappa shape index (κ3) is 3.59. The lowest BCUT2D eigenvalue weighted by atomic mass is 9.44. The summed E-state index contributed by atoms with van der Waals surface area (Å²) in [7, 11) is -1.80. The zero-order valence-electron chi connectivity index (χ0n) is 23.1. The molecule has 3 saturated carbocycles. The van der Waals surface area contributed by atoms with Crippen LogP contribution in [0.3, 0.4) is 0 Å². The highest BCUT2D eigenvalue weighted by molar-refractivity contribution is 6.74. The van der Waals surface area contributed by atoms with Gasteiger partial charge in [0.15, 0.2) is 14.1 Å². The van der Waals surface area contributed by atoms with Crippen LogP contribution in [0.2, 0.25) is 18.1 Å². The van der Waals surface area contributed by atoms with Crippen LogP contribution >= 0.6 is 0 Å². The second-order valence-corrected chi connectivity index (χ2v) is 19.6. The summed E-state index contributed by atoms with van der Waals surface area (Å²) in [6, 6.07) is 0. The monoisotopic (exact) mass is 474 g/mol. The highest BCUT2D eigenvalue weighted by atomic mass is 28.4. The lowest BCUT2D eigenvalue weighted by Gasteiger charge is -2.62. The Bertz CT molecular complexity index is 825. The van der Waals surface area contributed by atoms with Gasteiger partial charge in [-0.3, -0.25) is 0 Å². The van der Waals surface area contributed by atoms with Gasteiger partial charge < -0.3 is 13.9 Å². The molecule has 4 aliphatic carbocycles. The molecule has 0 radical (unpaired) electrons. The Morgan fingerprint density at radius 2 is 1.55 bits per heavy atom. The smallest absolute Gasteiger partial charge is 0.192 e. The summed E-state index contributed by atoms with van der Waals surface area (Å²) in [5.74, 6) is 2.02. The highest BCUT2D eigenvalue weighted by Gasteiger charge is 2.68. The van der Waals surface area contributed by atoms with E-state index in [9.17, 15) is 0 Å². The molecule has 1 aliphatic heterocycles. The number of hydrogen-bond donors (Lipinski definition) is 0. The Morgan fingerprint density at radius 3 is 2.21 bits per heavy atom. The van der Waals surface area contributed by atoms with Gasteiger partial charge in [-0.05, 0) is 106 Å². The van der Waals surface area contributed by atoms with Crippen LogP contribution in [-0.2, 0) is 13.9 Å². The molecule has 0 aromatic heterocycles. The molecule has 0 aromatic carbocycles. The van der Waals surface area contributed by atoms with Gasteiger partial charge in [-0.2, -0.15) is 0 Å². The average molecular weight is 475 g/mol. The summed E-state index contributed by atoms with van der Waals surface area (Å²) in [6.07, 6.45) is 11.1. The number of ether oxygens (including phenoxy) is 2. The topological polar surface area (TPSA) is 27.7 Å². The van der Waals surface area contributed by atoms with Crippen molar-refractivity contribution < 1.29 is 13.9 Å². The van der Waals surface area contributed by atoms with Crippen molar-refractivity contribution >= 4 is 8.32 Å². The van der Waals surface area contributed by atoms with Crippen LogP contribution in [0.25, 0.3) is 0 Å². The molecule has 0 spiro atoms. The third-order valence-electron chi connectivity index (χ3n) is 11.5. The SMILES string of the molecule is CC1=CC2C3OC(C)(C)OC3C3C(CC[C@]4(C)C(O[Si](C)(C)C(C)(C)C)CCC34)[C@@]2(C)CC1. The lowest BCUT2D eigenvalue weighted by Crippen LogP contribution is -2.62. The van der Waals surface area contributed by atoms with Gasteiger partial charge in [0.25, 0.3) is 0 Å². The van der Waals surface area contributed by atoms with Gasteiger partial charge in [0, 0.05) is 5.92 Å². The number of rotatable bonds is 2. The molecule has 0 amide bonds. The van der Waals surface area contributed by atoms with Crippen molar-refractivity contribution in [3.05, 3.63) is 11.6 Å². The van der Waals surface area contributed by atoms with E-state index in [1.807, 2.05) is 0 Å². The third-order valence-corrected chi connectivity index (χ3v) is 16.0. The molecule has 5 aliphatic rings. The van der Waals surface area contributed by atoms with Gasteiger partial charge in [-0.15, -0.1) is 0 Å². The molecule has 3 nitrogen and oxygen atoms in total. The molecular formula is C29H50O3Si. The first kappa shape index (κ1) is 24.5. The fraction of sp³-hybridized carbons (Fsp3) is 0.931. The Morgan fingerprint density at radius 1 is 0.909 bits per heavy atom. The summed E-state index contributed by atoms with van der Waals surface area (Å²) in [4.78, 5) is 0. The lowest BCUT2D eigenvalue weighted by molar-refractivity contribution is -0.171. The van der Waals surface area contributed by atoms with E-state index in [0.29, 0.717) is 29.3 Å². The van der Waals surface area contributed by atoms with Crippen molar-refractivity contribution in [3.63, 3.8) is 0 Å². The Labute approximate surface area is 204 Å². The molecule has 0 aromatic rings. The fourth-order valence-electron chi connectivity index (χ4n) is 8.61. The van der Waals surface area contributed by atoms with Crippen LogP contribution in [0.15, 0.2) is 11.6 Å². The van der Waals surface area contributed by atoms with Gasteiger partial charge in [0.05, 0.1) is 18.3 Å². The maximum Gasteiger partial charge on any atom is 0.192 e. The molecule has 33 heavy (non-hydrogen) atoms. The average Bonchev–Trinajstić information content (AvgIpc) is 3.18. The van der Waals surface area contributed by atoms with E-state index in [4.69, 9.17) is 13.9 Å². The second kappa shape index (κ2) is 7.43.